The zero-order chi connectivity index (χ0) is 5.21. The molecule has 7 heavy (non-hydrogen) atoms. The van der Waals surface area contributed by atoms with Gasteiger partial charge in [0.25, 0.3) is 0 Å². The van der Waals surface area contributed by atoms with Gasteiger partial charge in [-0.05, 0) is 11.0 Å². The van der Waals surface area contributed by atoms with E-state index in [2.05, 4.69) is 15.8 Å². The average Bonchev–Trinajstić information content (AvgIpc) is 1.35. The van der Waals surface area contributed by atoms with Crippen molar-refractivity contribution in [2.75, 3.05) is 0 Å². The molecule has 0 aliphatic rings. The highest BCUT2D eigenvalue weighted by atomic mass is 35.5. The van der Waals surface area contributed by atoms with Crippen molar-refractivity contribution >= 4 is 31.9 Å². The summed E-state index contributed by atoms with van der Waals surface area (Å²) in [5.74, 6) is 0. The van der Waals surface area contributed by atoms with Crippen LogP contribution >= 0.6 is 11.9 Å². The molecule has 0 saturated heterocycles. The van der Waals surface area contributed by atoms with Gasteiger partial charge in [0.1, 0.15) is 0 Å². The Balaban J connectivity index is 0. The van der Waals surface area contributed by atoms with Crippen LogP contribution in [0.2, 0.25) is 0 Å². The van der Waals surface area contributed by atoms with Gasteiger partial charge in [0.15, 0.2) is 0 Å². The molecule has 3 N–H and O–H groups in total. The summed E-state index contributed by atoms with van der Waals surface area (Å²) in [6.07, 6.45) is 0. The molecule has 0 aliphatic heterocycles. The van der Waals surface area contributed by atoms with Crippen molar-refractivity contribution in [3.8, 4) is 0 Å². The third kappa shape index (κ3) is 10.8. The first-order valence-electron chi connectivity index (χ1n) is 1.03. The van der Waals surface area contributed by atoms with Gasteiger partial charge in [-0.3, -0.25) is 0 Å². The summed E-state index contributed by atoms with van der Waals surface area (Å²) in [6, 6.07) is 0. The molecular weight excluding hydrogens is 156 g/mol. The molecule has 0 aliphatic carbocycles. The number of rotatable bonds is 1. The lowest BCUT2D eigenvalue weighted by Gasteiger charge is -1.98. The van der Waals surface area contributed by atoms with Crippen LogP contribution in [0.5, 0.6) is 0 Å². The van der Waals surface area contributed by atoms with Crippen molar-refractivity contribution in [2.45, 2.75) is 0 Å². The van der Waals surface area contributed by atoms with Gasteiger partial charge in [-0.2, -0.15) is 0 Å². The highest BCUT2D eigenvalue weighted by molar-refractivity contribution is 6.53. The molecule has 4 nitrogen and oxygen atoms in total. The number of hydrogen-bond acceptors (Lipinski definition) is 4. The molecule has 0 fully saturated rings. The average molecular weight is 163 g/mol. The van der Waals surface area contributed by atoms with Crippen molar-refractivity contribution in [3.05, 3.63) is 0 Å². The van der Waals surface area contributed by atoms with E-state index in [1.165, 1.54) is 0 Å². The zero-order valence-corrected chi connectivity index (χ0v) is 4.38. The molecular formula is H7ClO4Si2. The first-order valence-corrected chi connectivity index (χ1v) is 3.09. The lowest BCUT2D eigenvalue weighted by Crippen LogP contribution is -2.35. The molecule has 0 rings (SSSR count). The predicted octanol–water partition coefficient (Wildman–Crippen LogP) is -2.88. The third-order valence-electron chi connectivity index (χ3n) is 0.104. The van der Waals surface area contributed by atoms with Gasteiger partial charge in [-0.15, -0.1) is 0 Å². The normalized spacial score (nSPS) is 10.3. The van der Waals surface area contributed by atoms with E-state index in [0.717, 1.165) is 0 Å². The monoisotopic (exact) mass is 162 g/mol. The molecule has 46 valence electrons. The molecule has 0 radical (unpaired) electrons. The Labute approximate surface area is 51.0 Å². The SMILES string of the molecule is O[Si](O)(O)OCl.[SiH4]. The minimum absolute atomic E-state index is 0. The maximum Gasteiger partial charge on any atom is 0.688 e. The van der Waals surface area contributed by atoms with Crippen LogP contribution in [0.15, 0.2) is 0 Å². The Morgan fingerprint density at radius 2 is 1.43 bits per heavy atom. The Morgan fingerprint density at radius 3 is 1.43 bits per heavy atom. The van der Waals surface area contributed by atoms with Crippen molar-refractivity contribution in [1.29, 1.82) is 0 Å². The smallest absolute Gasteiger partial charge is 0.367 e. The quantitative estimate of drug-likeness (QED) is 0.363. The summed E-state index contributed by atoms with van der Waals surface area (Å²) in [4.78, 5) is 23.2. The fourth-order valence-corrected chi connectivity index (χ4v) is 0. The van der Waals surface area contributed by atoms with Crippen molar-refractivity contribution < 1.29 is 18.4 Å². The van der Waals surface area contributed by atoms with Crippen LogP contribution in [0.4, 0.5) is 0 Å². The topological polar surface area (TPSA) is 69.9 Å². The number of hydrogen-bond donors (Lipinski definition) is 3. The zero-order valence-electron chi connectivity index (χ0n) is 2.63. The molecule has 0 amide bonds. The lowest BCUT2D eigenvalue weighted by molar-refractivity contribution is 0.135. The summed E-state index contributed by atoms with van der Waals surface area (Å²) < 4.78 is 3.22. The third-order valence-corrected chi connectivity index (χ3v) is 0.932. The minimum atomic E-state index is -4.37. The van der Waals surface area contributed by atoms with Crippen LogP contribution in [-0.2, 0) is 3.98 Å². The first kappa shape index (κ1) is 10.5. The van der Waals surface area contributed by atoms with E-state index in [-0.39, 0.29) is 11.0 Å². The van der Waals surface area contributed by atoms with Gasteiger partial charge in [0, 0.05) is 0 Å². The molecule has 0 bridgehead atoms. The Bertz CT molecular complexity index is 39.4. The van der Waals surface area contributed by atoms with Gasteiger partial charge < -0.3 is 14.4 Å². The Hall–Kier alpha value is 0.564. The summed E-state index contributed by atoms with van der Waals surface area (Å²) in [5.41, 5.74) is 0. The molecule has 0 heterocycles. The molecule has 0 aromatic rings. The van der Waals surface area contributed by atoms with Crippen LogP contribution in [0.3, 0.4) is 0 Å². The van der Waals surface area contributed by atoms with Gasteiger partial charge >= 0.3 is 9.05 Å². The van der Waals surface area contributed by atoms with Crippen LogP contribution in [-0.4, -0.2) is 34.4 Å². The molecule has 0 aromatic carbocycles. The van der Waals surface area contributed by atoms with Crippen molar-refractivity contribution in [3.63, 3.8) is 0 Å². The highest BCUT2D eigenvalue weighted by Crippen LogP contribution is 1.89. The van der Waals surface area contributed by atoms with E-state index in [1.807, 2.05) is 0 Å². The van der Waals surface area contributed by atoms with Gasteiger partial charge in [0.05, 0.1) is 11.9 Å². The van der Waals surface area contributed by atoms with E-state index in [0.29, 0.717) is 0 Å². The number of halogens is 1. The van der Waals surface area contributed by atoms with E-state index >= 15 is 0 Å². The summed E-state index contributed by atoms with van der Waals surface area (Å²) in [6.45, 7) is 0. The van der Waals surface area contributed by atoms with E-state index in [9.17, 15) is 0 Å². The standard InChI is InChI=1S/ClH3O4Si.H4Si/c1-5-6(2,3)4;/h2-4H;1H4. The highest BCUT2D eigenvalue weighted by Gasteiger charge is 2.30. The largest absolute Gasteiger partial charge is 0.688 e. The molecule has 0 atom stereocenters. The summed E-state index contributed by atoms with van der Waals surface area (Å²) in [5, 5.41) is 0. The molecule has 0 unspecified atom stereocenters. The van der Waals surface area contributed by atoms with Crippen molar-refractivity contribution in [2.24, 2.45) is 0 Å². The fourth-order valence-electron chi connectivity index (χ4n) is 0. The minimum Gasteiger partial charge on any atom is -0.367 e. The van der Waals surface area contributed by atoms with Crippen LogP contribution in [0, 0.1) is 0 Å². The second-order valence-electron chi connectivity index (χ2n) is 0.651. The maximum atomic E-state index is 7.72. The van der Waals surface area contributed by atoms with Gasteiger partial charge in [0.2, 0.25) is 0 Å². The second kappa shape index (κ2) is 3.55. The van der Waals surface area contributed by atoms with Crippen LogP contribution in [0.1, 0.15) is 0 Å². The van der Waals surface area contributed by atoms with E-state index in [1.54, 1.807) is 0 Å². The van der Waals surface area contributed by atoms with E-state index in [4.69, 9.17) is 14.4 Å². The fraction of sp³-hybridized carbons (Fsp3) is 0. The molecule has 0 aromatic heterocycles. The Kier molecular flexibility index (Phi) is 5.34. The second-order valence-corrected chi connectivity index (χ2v) is 2.42. The van der Waals surface area contributed by atoms with Crippen LogP contribution in [0.25, 0.3) is 0 Å². The first-order chi connectivity index (χ1) is 2.56. The van der Waals surface area contributed by atoms with Crippen LogP contribution < -0.4 is 0 Å². The lowest BCUT2D eigenvalue weighted by atomic mass is 15.7. The predicted molar refractivity (Wildman–Crippen MR) is 30.7 cm³/mol. The summed E-state index contributed by atoms with van der Waals surface area (Å²) in [7, 11) is -4.37. The van der Waals surface area contributed by atoms with E-state index < -0.39 is 9.05 Å². The van der Waals surface area contributed by atoms with Gasteiger partial charge in [-0.25, -0.2) is 3.98 Å². The molecule has 0 saturated carbocycles. The maximum absolute atomic E-state index is 7.72. The Morgan fingerprint density at radius 1 is 1.29 bits per heavy atom. The molecule has 0 spiro atoms. The summed E-state index contributed by atoms with van der Waals surface area (Å²) >= 11 is 4.29. The van der Waals surface area contributed by atoms with Gasteiger partial charge in [-0.1, -0.05) is 0 Å². The molecule has 7 heteroatoms. The van der Waals surface area contributed by atoms with Crippen molar-refractivity contribution in [1.82, 2.24) is 0 Å².